The molecule has 0 amide bonds. The Morgan fingerprint density at radius 1 is 1.09 bits per heavy atom. The van der Waals surface area contributed by atoms with Crippen LogP contribution < -0.4 is 15.8 Å². The molecule has 5 aromatic rings. The fraction of sp³-hybridized carbons (Fsp3) is 0.222. The number of benzene rings is 3. The van der Waals surface area contributed by atoms with Crippen molar-refractivity contribution in [2.45, 2.75) is 24.9 Å². The summed E-state index contributed by atoms with van der Waals surface area (Å²) in [5, 5.41) is 12.1. The van der Waals surface area contributed by atoms with Crippen LogP contribution in [-0.2, 0) is 6.42 Å². The van der Waals surface area contributed by atoms with Crippen LogP contribution in [-0.4, -0.2) is 40.0 Å². The monoisotopic (exact) mass is 482 g/mol. The molecule has 0 radical (unpaired) electrons. The van der Waals surface area contributed by atoms with Crippen molar-refractivity contribution in [3.8, 4) is 5.75 Å². The molecule has 1 fully saturated rings. The van der Waals surface area contributed by atoms with Gasteiger partial charge in [0.05, 0.1) is 27.2 Å². The lowest BCUT2D eigenvalue weighted by atomic mass is 9.99. The molecule has 1 aliphatic heterocycles. The van der Waals surface area contributed by atoms with Crippen LogP contribution in [0, 0.1) is 5.41 Å². The van der Waals surface area contributed by atoms with E-state index in [1.807, 2.05) is 42.5 Å². The van der Waals surface area contributed by atoms with Gasteiger partial charge in [-0.05, 0) is 67.4 Å². The van der Waals surface area contributed by atoms with Crippen LogP contribution in [0.15, 0.2) is 66.7 Å². The minimum Gasteiger partial charge on any atom is -0.489 e. The van der Waals surface area contributed by atoms with Gasteiger partial charge in [0, 0.05) is 12.1 Å². The van der Waals surface area contributed by atoms with Gasteiger partial charge in [0.15, 0.2) is 0 Å². The van der Waals surface area contributed by atoms with Gasteiger partial charge in [-0.2, -0.15) is 0 Å². The maximum Gasteiger partial charge on any atom is 0.122 e. The highest BCUT2D eigenvalue weighted by molar-refractivity contribution is 7.18. The number of nitrogens with zero attached hydrogens (tertiary/aromatic N) is 2. The molecule has 7 nitrogen and oxygen atoms in total. The molecule has 5 N–H and O–H groups in total. The zero-order valence-electron chi connectivity index (χ0n) is 19.1. The number of hydrogen-bond acceptors (Lipinski definition) is 6. The van der Waals surface area contributed by atoms with Crippen LogP contribution in [0.25, 0.3) is 21.3 Å². The van der Waals surface area contributed by atoms with E-state index in [2.05, 4.69) is 34.6 Å². The average molecular weight is 483 g/mol. The van der Waals surface area contributed by atoms with Crippen LogP contribution in [0.2, 0.25) is 0 Å². The van der Waals surface area contributed by atoms with Crippen LogP contribution >= 0.6 is 11.3 Å². The molecule has 0 saturated carbocycles. The van der Waals surface area contributed by atoms with Crippen LogP contribution in [0.5, 0.6) is 5.75 Å². The van der Waals surface area contributed by atoms with Crippen molar-refractivity contribution in [2.24, 2.45) is 5.73 Å². The Hall–Kier alpha value is -3.75. The second kappa shape index (κ2) is 9.13. The van der Waals surface area contributed by atoms with Gasteiger partial charge < -0.3 is 20.8 Å². The van der Waals surface area contributed by atoms with Crippen molar-refractivity contribution in [3.05, 3.63) is 88.7 Å². The number of nitrogens with one attached hydrogen (secondary N) is 3. The summed E-state index contributed by atoms with van der Waals surface area (Å²) in [6, 6.07) is 22.2. The summed E-state index contributed by atoms with van der Waals surface area (Å²) in [4.78, 5) is 13.4. The number of nitrogen functional groups attached to an aromatic ring is 1. The second-order valence-electron chi connectivity index (χ2n) is 8.92. The molecule has 0 spiro atoms. The number of thiazole rings is 1. The van der Waals surface area contributed by atoms with Crippen LogP contribution in [0.4, 0.5) is 0 Å². The summed E-state index contributed by atoms with van der Waals surface area (Å²) >= 11 is 1.63. The Labute approximate surface area is 206 Å². The van der Waals surface area contributed by atoms with Crippen molar-refractivity contribution in [3.63, 3.8) is 0 Å². The summed E-state index contributed by atoms with van der Waals surface area (Å²) in [5.74, 6) is 1.83. The molecule has 8 heteroatoms. The van der Waals surface area contributed by atoms with Gasteiger partial charge in [-0.25, -0.2) is 9.97 Å². The molecule has 1 saturated heterocycles. The fourth-order valence-corrected chi connectivity index (χ4v) is 5.67. The SMILES string of the molecule is N=C(N)c1ccc2nc(C(Cc3ccc(OC4CCNC4)cc3)c3nc4ccccc4[nH]3)sc2c1. The molecule has 3 heterocycles. The first-order valence-corrected chi connectivity index (χ1v) is 12.6. The number of ether oxygens (including phenoxy) is 1. The maximum atomic E-state index is 7.77. The van der Waals surface area contributed by atoms with Crippen molar-refractivity contribution >= 4 is 38.4 Å². The lowest BCUT2D eigenvalue weighted by Gasteiger charge is -2.15. The number of aromatic nitrogens is 3. The van der Waals surface area contributed by atoms with E-state index >= 15 is 0 Å². The number of rotatable bonds is 7. The normalized spacial score (nSPS) is 16.6. The van der Waals surface area contributed by atoms with Crippen molar-refractivity contribution < 1.29 is 4.74 Å². The molecular formula is C27H26N6OS. The zero-order valence-corrected chi connectivity index (χ0v) is 19.9. The van der Waals surface area contributed by atoms with Crippen LogP contribution in [0.1, 0.15) is 34.3 Å². The molecule has 2 atom stereocenters. The van der Waals surface area contributed by atoms with Crippen LogP contribution in [0.3, 0.4) is 0 Å². The predicted octanol–water partition coefficient (Wildman–Crippen LogP) is 4.57. The number of H-pyrrole nitrogens is 1. The quantitative estimate of drug-likeness (QED) is 0.200. The topological polar surface area (TPSA) is 113 Å². The van der Waals surface area contributed by atoms with Gasteiger partial charge in [0.25, 0.3) is 0 Å². The van der Waals surface area contributed by atoms with E-state index in [0.29, 0.717) is 5.56 Å². The largest absolute Gasteiger partial charge is 0.489 e. The van der Waals surface area contributed by atoms with Crippen molar-refractivity contribution in [1.82, 2.24) is 20.3 Å². The molecule has 3 aromatic carbocycles. The summed E-state index contributed by atoms with van der Waals surface area (Å²) < 4.78 is 7.11. The third kappa shape index (κ3) is 4.50. The predicted molar refractivity (Wildman–Crippen MR) is 141 cm³/mol. The molecule has 2 aromatic heterocycles. The van der Waals surface area contributed by atoms with E-state index in [0.717, 1.165) is 63.8 Å². The first-order valence-electron chi connectivity index (χ1n) is 11.8. The third-order valence-corrected chi connectivity index (χ3v) is 7.56. The Bertz CT molecular complexity index is 1470. The number of para-hydroxylation sites is 2. The van der Waals surface area contributed by atoms with E-state index in [9.17, 15) is 0 Å². The van der Waals surface area contributed by atoms with E-state index < -0.39 is 0 Å². The van der Waals surface area contributed by atoms with Crippen molar-refractivity contribution in [1.29, 1.82) is 5.41 Å². The smallest absolute Gasteiger partial charge is 0.122 e. The summed E-state index contributed by atoms with van der Waals surface area (Å²) in [6.45, 7) is 1.91. The lowest BCUT2D eigenvalue weighted by Crippen LogP contribution is -2.19. The molecular weight excluding hydrogens is 456 g/mol. The highest BCUT2D eigenvalue weighted by atomic mass is 32.1. The van der Waals surface area contributed by atoms with Crippen molar-refractivity contribution in [2.75, 3.05) is 13.1 Å². The molecule has 2 unspecified atom stereocenters. The second-order valence-corrected chi connectivity index (χ2v) is 9.98. The number of imidazole rings is 1. The molecule has 35 heavy (non-hydrogen) atoms. The van der Waals surface area contributed by atoms with E-state index in [1.165, 1.54) is 5.56 Å². The fourth-order valence-electron chi connectivity index (χ4n) is 4.56. The highest BCUT2D eigenvalue weighted by Crippen LogP contribution is 2.34. The maximum absolute atomic E-state index is 7.77. The van der Waals surface area contributed by atoms with Gasteiger partial charge in [0.2, 0.25) is 0 Å². The van der Waals surface area contributed by atoms with Gasteiger partial charge in [-0.15, -0.1) is 11.3 Å². The Morgan fingerprint density at radius 2 is 1.94 bits per heavy atom. The number of fused-ring (bicyclic) bond motifs is 2. The first kappa shape index (κ1) is 21.8. The summed E-state index contributed by atoms with van der Waals surface area (Å²) in [6.07, 6.45) is 2.04. The number of hydrogen-bond donors (Lipinski definition) is 4. The molecule has 0 bridgehead atoms. The third-order valence-electron chi connectivity index (χ3n) is 6.43. The standard InChI is InChI=1S/C27H26N6OS/c28-25(29)17-7-10-23-24(14-17)35-27(33-23)20(26-31-21-3-1-2-4-22(21)32-26)13-16-5-8-18(9-6-16)34-19-11-12-30-15-19/h1-10,14,19-20,30H,11-13,15H2,(H3,28,29)(H,31,32). The minimum absolute atomic E-state index is 0.0358. The number of aromatic amines is 1. The molecule has 1 aliphatic rings. The van der Waals surface area contributed by atoms with Gasteiger partial charge in [-0.1, -0.05) is 24.3 Å². The van der Waals surface area contributed by atoms with E-state index in [1.54, 1.807) is 11.3 Å². The zero-order chi connectivity index (χ0) is 23.8. The Morgan fingerprint density at radius 3 is 2.71 bits per heavy atom. The lowest BCUT2D eigenvalue weighted by molar-refractivity contribution is 0.223. The molecule has 6 rings (SSSR count). The average Bonchev–Trinajstić information content (AvgIpc) is 3.62. The minimum atomic E-state index is -0.0358. The summed E-state index contributed by atoms with van der Waals surface area (Å²) in [5.41, 5.74) is 10.5. The van der Waals surface area contributed by atoms with Gasteiger partial charge in [-0.3, -0.25) is 5.41 Å². The Kier molecular flexibility index (Phi) is 5.67. The number of amidine groups is 1. The molecule has 176 valence electrons. The number of nitrogens with two attached hydrogens (primary N) is 1. The summed E-state index contributed by atoms with van der Waals surface area (Å²) in [7, 11) is 0. The highest BCUT2D eigenvalue weighted by Gasteiger charge is 2.23. The molecule has 0 aliphatic carbocycles. The van der Waals surface area contributed by atoms with Gasteiger partial charge >= 0.3 is 0 Å². The van der Waals surface area contributed by atoms with E-state index in [4.69, 9.17) is 25.8 Å². The Balaban J connectivity index is 1.34. The van der Waals surface area contributed by atoms with E-state index in [-0.39, 0.29) is 17.9 Å². The van der Waals surface area contributed by atoms with Gasteiger partial charge in [0.1, 0.15) is 28.5 Å². The first-order chi connectivity index (χ1) is 17.1.